The number of aliphatic hydroxyl groups is 1. The second-order valence-electron chi connectivity index (χ2n) is 9.56. The molecule has 0 aromatic carbocycles. The number of H-pyrrole nitrogens is 1. The molecule has 0 aliphatic carbocycles. The molecular formula is C19H23FN11O9P2S2+. The van der Waals surface area contributed by atoms with E-state index in [1.54, 1.807) is 0 Å². The van der Waals surface area contributed by atoms with Crippen molar-refractivity contribution in [1.82, 2.24) is 44.9 Å². The van der Waals surface area contributed by atoms with Crippen LogP contribution in [-0.4, -0.2) is 98.7 Å². The topological polar surface area (TPSA) is 276 Å². The summed E-state index contributed by atoms with van der Waals surface area (Å²) >= 11 is 8.93. The maximum atomic E-state index is 15.7. The molecule has 236 valence electrons. The summed E-state index contributed by atoms with van der Waals surface area (Å²) in [5.41, 5.74) is 11.3. The highest BCUT2D eigenvalue weighted by atomic mass is 32.7. The normalized spacial score (nSPS) is 29.0. The SMILES string of the molecule is Nc1nc2c(nnn2[C@@H]2O[C@H](CO)C[C@H]2OP(O)(=S)OC[C@H]2O[C@@H](n3nnc4c(N)ccnc43)[C@@H](F)[C@@H]2O[P+](=O)S)c(=O)[nH]1. The van der Waals surface area contributed by atoms with Crippen molar-refractivity contribution in [3.63, 3.8) is 0 Å². The molecule has 0 spiro atoms. The van der Waals surface area contributed by atoms with Gasteiger partial charge in [-0.3, -0.25) is 9.78 Å². The summed E-state index contributed by atoms with van der Waals surface area (Å²) in [4.78, 5) is 33.6. The van der Waals surface area contributed by atoms with Crippen LogP contribution in [0.25, 0.3) is 22.3 Å². The molecule has 9 atom stereocenters. The van der Waals surface area contributed by atoms with Crippen LogP contribution in [0.3, 0.4) is 0 Å². The largest absolute Gasteiger partial charge is 0.582 e. The Bertz CT molecular complexity index is 1830. The third-order valence-electron chi connectivity index (χ3n) is 6.73. The third-order valence-corrected chi connectivity index (χ3v) is 9.02. The van der Waals surface area contributed by atoms with Gasteiger partial charge in [0.1, 0.15) is 24.5 Å². The molecule has 4 aromatic heterocycles. The number of aliphatic hydroxyl groups excluding tert-OH is 1. The molecule has 0 saturated carbocycles. The Hall–Kier alpha value is -2.82. The molecule has 20 nitrogen and oxygen atoms in total. The van der Waals surface area contributed by atoms with Gasteiger partial charge in [0.25, 0.3) is 5.56 Å². The number of anilines is 2. The molecule has 7 N–H and O–H groups in total. The summed E-state index contributed by atoms with van der Waals surface area (Å²) in [6.45, 7) is -5.19. The number of ether oxygens (including phenoxy) is 2. The molecule has 6 rings (SSSR count). The lowest BCUT2D eigenvalue weighted by molar-refractivity contribution is -0.0599. The number of hydrogen-bond acceptors (Lipinski definition) is 17. The van der Waals surface area contributed by atoms with Gasteiger partial charge in [0, 0.05) is 12.6 Å². The van der Waals surface area contributed by atoms with Crippen LogP contribution in [0.4, 0.5) is 16.0 Å². The first-order chi connectivity index (χ1) is 21.0. The van der Waals surface area contributed by atoms with Gasteiger partial charge in [-0.15, -0.1) is 14.7 Å². The van der Waals surface area contributed by atoms with Crippen molar-refractivity contribution in [3.8, 4) is 0 Å². The van der Waals surface area contributed by atoms with Crippen molar-refractivity contribution in [3.05, 3.63) is 22.6 Å². The highest BCUT2D eigenvalue weighted by Gasteiger charge is 2.52. The zero-order chi connectivity index (χ0) is 31.3. The fraction of sp³-hybridized carbons (Fsp3) is 0.526. The molecule has 44 heavy (non-hydrogen) atoms. The van der Waals surface area contributed by atoms with Gasteiger partial charge in [0.2, 0.25) is 5.95 Å². The molecule has 2 aliphatic heterocycles. The average Bonchev–Trinajstić information content (AvgIpc) is 3.73. The highest BCUT2D eigenvalue weighted by Crippen LogP contribution is 2.51. The molecule has 2 unspecified atom stereocenters. The number of fused-ring (bicyclic) bond motifs is 2. The monoisotopic (exact) mass is 694 g/mol. The lowest BCUT2D eigenvalue weighted by Gasteiger charge is -2.25. The summed E-state index contributed by atoms with van der Waals surface area (Å²) in [6, 6.07) is 1.49. The number of nitrogens with zero attached hydrogens (tertiary/aromatic N) is 8. The number of thiol groups is 1. The van der Waals surface area contributed by atoms with E-state index in [1.165, 1.54) is 12.3 Å². The van der Waals surface area contributed by atoms with Crippen LogP contribution in [0.1, 0.15) is 18.9 Å². The number of nitrogens with two attached hydrogens (primary N) is 2. The molecule has 0 bridgehead atoms. The average molecular weight is 695 g/mol. The van der Waals surface area contributed by atoms with E-state index in [9.17, 15) is 19.4 Å². The molecule has 6 heterocycles. The minimum Gasteiger partial charge on any atom is -0.397 e. The molecule has 4 aromatic rings. The zero-order valence-corrected chi connectivity index (χ0v) is 25.4. The van der Waals surface area contributed by atoms with Crippen molar-refractivity contribution in [2.24, 2.45) is 0 Å². The Labute approximate surface area is 255 Å². The van der Waals surface area contributed by atoms with E-state index in [0.717, 1.165) is 9.36 Å². The smallest absolute Gasteiger partial charge is 0.397 e. The fourth-order valence-electron chi connectivity index (χ4n) is 4.83. The van der Waals surface area contributed by atoms with E-state index in [4.69, 9.17) is 46.3 Å². The van der Waals surface area contributed by atoms with Crippen LogP contribution >= 0.6 is 26.2 Å². The molecule has 25 heteroatoms. The standard InChI is InChI=1S/C19H22FN11O9P2S2/c20-10-13(39-41(34)43)9(38-18(10)30-14-11(26-28-30)7(21)1-2-23-14)5-36-42(35,44)40-8-3-6(4-32)37-17(8)31-15-12(27-29-31)16(33)25-19(22)24-15/h1-2,6,8-10,13,17-18,32H,3-5H2,(H6-,21,22,23,24,25,28,29,33,34,35,43,44)/p+1/t6-,8+,9+,10-,13+,17+,18+,42?/m0/s1. The number of alkyl halides is 1. The summed E-state index contributed by atoms with van der Waals surface area (Å²) in [5.74, 6) is -0.213. The lowest BCUT2D eigenvalue weighted by atomic mass is 10.1. The van der Waals surface area contributed by atoms with Crippen LogP contribution < -0.4 is 17.0 Å². The minimum atomic E-state index is -4.17. The predicted octanol–water partition coefficient (Wildman–Crippen LogP) is -0.375. The number of nitrogens with one attached hydrogen (secondary N) is 1. The number of pyridine rings is 1. The molecule has 2 fully saturated rings. The molecule has 2 saturated heterocycles. The maximum Gasteiger partial charge on any atom is 0.582 e. The van der Waals surface area contributed by atoms with Crippen molar-refractivity contribution in [1.29, 1.82) is 0 Å². The summed E-state index contributed by atoms with van der Waals surface area (Å²) < 4.78 is 57.6. The van der Waals surface area contributed by atoms with Gasteiger partial charge in [-0.25, -0.2) is 9.37 Å². The molecule has 0 amide bonds. The second-order valence-corrected chi connectivity index (χ2v) is 14.0. The number of halogens is 1. The fourth-order valence-corrected chi connectivity index (χ4v) is 7.06. The van der Waals surface area contributed by atoms with Crippen LogP contribution in [0.15, 0.2) is 17.1 Å². The van der Waals surface area contributed by atoms with Gasteiger partial charge in [0.05, 0.1) is 25.0 Å². The Kier molecular flexibility index (Phi) is 8.63. The third kappa shape index (κ3) is 5.93. The van der Waals surface area contributed by atoms with Crippen LogP contribution in [0.2, 0.25) is 0 Å². The summed E-state index contributed by atoms with van der Waals surface area (Å²) in [6.07, 6.45) is -7.88. The van der Waals surface area contributed by atoms with Gasteiger partial charge in [-0.2, -0.15) is 14.3 Å². The Morgan fingerprint density at radius 1 is 1.23 bits per heavy atom. The van der Waals surface area contributed by atoms with E-state index < -0.39 is 75.8 Å². The first-order valence-corrected chi connectivity index (χ1v) is 17.5. The lowest BCUT2D eigenvalue weighted by Crippen LogP contribution is -2.33. The Balaban J connectivity index is 1.20. The van der Waals surface area contributed by atoms with Gasteiger partial charge in [-0.05, 0) is 22.4 Å². The van der Waals surface area contributed by atoms with Crippen molar-refractivity contribution >= 4 is 72.0 Å². The minimum absolute atomic E-state index is 0.0133. The Morgan fingerprint density at radius 2 is 1.95 bits per heavy atom. The van der Waals surface area contributed by atoms with E-state index in [1.807, 2.05) is 0 Å². The summed E-state index contributed by atoms with van der Waals surface area (Å²) in [7, 11) is -2.60. The first kappa shape index (κ1) is 31.2. The molecule has 0 radical (unpaired) electrons. The van der Waals surface area contributed by atoms with E-state index in [0.29, 0.717) is 0 Å². The van der Waals surface area contributed by atoms with Crippen molar-refractivity contribution < 1.29 is 42.0 Å². The molecule has 2 aliphatic rings. The summed E-state index contributed by atoms with van der Waals surface area (Å²) in [5, 5.41) is 25.2. The van der Waals surface area contributed by atoms with Gasteiger partial charge in [-0.1, -0.05) is 10.4 Å². The van der Waals surface area contributed by atoms with Crippen LogP contribution in [0.5, 0.6) is 0 Å². The van der Waals surface area contributed by atoms with Gasteiger partial charge < -0.3 is 40.0 Å². The number of nitrogen functional groups attached to an aromatic ring is 2. The van der Waals surface area contributed by atoms with Crippen molar-refractivity contribution in [2.45, 2.75) is 49.5 Å². The Morgan fingerprint density at radius 3 is 2.68 bits per heavy atom. The predicted molar refractivity (Wildman–Crippen MR) is 153 cm³/mol. The van der Waals surface area contributed by atoms with Gasteiger partial charge in [0.15, 0.2) is 47.1 Å². The number of rotatable bonds is 10. The first-order valence-electron chi connectivity index (χ1n) is 12.6. The highest BCUT2D eigenvalue weighted by molar-refractivity contribution is 8.39. The second kappa shape index (κ2) is 12.2. The van der Waals surface area contributed by atoms with E-state index in [-0.39, 0.29) is 40.4 Å². The van der Waals surface area contributed by atoms with E-state index >= 15 is 4.39 Å². The number of aromatic nitrogens is 9. The number of aromatic amines is 1. The van der Waals surface area contributed by atoms with E-state index in [2.05, 4.69) is 47.8 Å². The quantitative estimate of drug-likeness (QED) is 0.0912. The van der Waals surface area contributed by atoms with Crippen molar-refractivity contribution in [2.75, 3.05) is 24.7 Å². The molecular weight excluding hydrogens is 671 g/mol. The van der Waals surface area contributed by atoms with Crippen LogP contribution in [0, 0.1) is 0 Å². The van der Waals surface area contributed by atoms with Gasteiger partial charge >= 0.3 is 13.9 Å². The van der Waals surface area contributed by atoms with Crippen LogP contribution in [-0.2, 0) is 39.4 Å². The zero-order valence-electron chi connectivity index (χ0n) is 21.9. The maximum absolute atomic E-state index is 15.7. The number of hydrogen-bond donors (Lipinski definition) is 6.